The van der Waals surface area contributed by atoms with E-state index in [2.05, 4.69) is 0 Å². The van der Waals surface area contributed by atoms with Crippen LogP contribution in [0.5, 0.6) is 0 Å². The Labute approximate surface area is 85.3 Å². The topological polar surface area (TPSA) is 63.3 Å². The average Bonchev–Trinajstić information content (AvgIpc) is 2.22. The molecular weight excluding hydrogens is 178 g/mol. The fourth-order valence-electron chi connectivity index (χ4n) is 1.16. The van der Waals surface area contributed by atoms with Crippen LogP contribution in [0.1, 0.15) is 33.1 Å². The quantitative estimate of drug-likeness (QED) is 0.728. The third-order valence-electron chi connectivity index (χ3n) is 1.84. The second-order valence-electron chi connectivity index (χ2n) is 2.91. The first-order chi connectivity index (χ1) is 6.70. The lowest BCUT2D eigenvalue weighted by atomic mass is 10.0. The van der Waals surface area contributed by atoms with Gasteiger partial charge in [0.25, 0.3) is 0 Å². The van der Waals surface area contributed by atoms with Gasteiger partial charge in [0.15, 0.2) is 0 Å². The third-order valence-corrected chi connectivity index (χ3v) is 1.84. The van der Waals surface area contributed by atoms with E-state index in [0.29, 0.717) is 6.42 Å². The molecule has 0 aliphatic heterocycles. The highest BCUT2D eigenvalue weighted by Gasteiger charge is 2.12. The highest BCUT2D eigenvalue weighted by atomic mass is 16.4. The minimum absolute atomic E-state index is 0.436. The van der Waals surface area contributed by atoms with Crippen molar-refractivity contribution < 1.29 is 9.90 Å². The Kier molecular flexibility index (Phi) is 6.76. The van der Waals surface area contributed by atoms with Crippen molar-refractivity contribution in [2.45, 2.75) is 39.2 Å². The number of nitrogens with two attached hydrogens (primary N) is 1. The van der Waals surface area contributed by atoms with E-state index < -0.39 is 12.0 Å². The normalized spacial score (nSPS) is 16.4. The zero-order valence-corrected chi connectivity index (χ0v) is 8.86. The molecule has 0 aromatic rings. The van der Waals surface area contributed by atoms with E-state index in [1.54, 1.807) is 0 Å². The van der Waals surface area contributed by atoms with Crippen LogP contribution in [0, 0.1) is 0 Å². The fraction of sp³-hybridized carbons (Fsp3) is 0.545. The summed E-state index contributed by atoms with van der Waals surface area (Å²) in [6.45, 7) is 4.00. The minimum Gasteiger partial charge on any atom is -0.480 e. The van der Waals surface area contributed by atoms with E-state index in [0.717, 1.165) is 18.4 Å². The lowest BCUT2D eigenvalue weighted by Gasteiger charge is -2.09. The van der Waals surface area contributed by atoms with Crippen LogP contribution in [0.15, 0.2) is 23.8 Å². The smallest absolute Gasteiger partial charge is 0.320 e. The van der Waals surface area contributed by atoms with Crippen molar-refractivity contribution in [1.29, 1.82) is 0 Å². The highest BCUT2D eigenvalue weighted by Crippen LogP contribution is 2.13. The summed E-state index contributed by atoms with van der Waals surface area (Å²) in [7, 11) is 0. The minimum atomic E-state index is -0.935. The molecule has 1 aliphatic carbocycles. The summed E-state index contributed by atoms with van der Waals surface area (Å²) in [4.78, 5) is 10.4. The molecule has 0 radical (unpaired) electrons. The monoisotopic (exact) mass is 197 g/mol. The molecule has 0 fully saturated rings. The van der Waals surface area contributed by atoms with Gasteiger partial charge >= 0.3 is 5.97 Å². The van der Waals surface area contributed by atoms with Crippen LogP contribution >= 0.6 is 0 Å². The summed E-state index contributed by atoms with van der Waals surface area (Å²) >= 11 is 0. The van der Waals surface area contributed by atoms with E-state index in [1.807, 2.05) is 32.1 Å². The van der Waals surface area contributed by atoms with Gasteiger partial charge in [-0.05, 0) is 19.3 Å². The molecule has 1 unspecified atom stereocenters. The van der Waals surface area contributed by atoms with Crippen LogP contribution < -0.4 is 5.73 Å². The highest BCUT2D eigenvalue weighted by molar-refractivity contribution is 5.73. The van der Waals surface area contributed by atoms with Crippen LogP contribution in [0.2, 0.25) is 0 Å². The van der Waals surface area contributed by atoms with Gasteiger partial charge in [0.1, 0.15) is 6.04 Å². The maximum Gasteiger partial charge on any atom is 0.320 e. The molecule has 3 N–H and O–H groups in total. The Morgan fingerprint density at radius 1 is 1.57 bits per heavy atom. The summed E-state index contributed by atoms with van der Waals surface area (Å²) < 4.78 is 0. The van der Waals surface area contributed by atoms with E-state index in [-0.39, 0.29) is 0 Å². The first-order valence-corrected chi connectivity index (χ1v) is 5.04. The number of aliphatic carboxylic acids is 1. The van der Waals surface area contributed by atoms with E-state index in [1.165, 1.54) is 0 Å². The molecule has 1 atom stereocenters. The Morgan fingerprint density at radius 2 is 2.21 bits per heavy atom. The average molecular weight is 197 g/mol. The molecule has 0 heterocycles. The molecule has 1 aliphatic rings. The van der Waals surface area contributed by atoms with Crippen LogP contribution in [0.4, 0.5) is 0 Å². The zero-order chi connectivity index (χ0) is 11.0. The van der Waals surface area contributed by atoms with Crippen molar-refractivity contribution in [2.24, 2.45) is 5.73 Å². The first-order valence-electron chi connectivity index (χ1n) is 5.04. The second kappa shape index (κ2) is 7.33. The zero-order valence-electron chi connectivity index (χ0n) is 8.86. The maximum atomic E-state index is 10.4. The summed E-state index contributed by atoms with van der Waals surface area (Å²) in [5, 5.41) is 8.54. The molecule has 0 spiro atoms. The van der Waals surface area contributed by atoms with Gasteiger partial charge < -0.3 is 10.8 Å². The Bertz CT molecular complexity index is 231. The third kappa shape index (κ3) is 4.82. The number of allylic oxidation sites excluding steroid dienone is 3. The van der Waals surface area contributed by atoms with Gasteiger partial charge in [-0.15, -0.1) is 0 Å². The predicted molar refractivity (Wildman–Crippen MR) is 58.0 cm³/mol. The Hall–Kier alpha value is -1.09. The van der Waals surface area contributed by atoms with Crippen LogP contribution in [0.25, 0.3) is 0 Å². The molecule has 80 valence electrons. The number of carboxylic acids is 1. The van der Waals surface area contributed by atoms with E-state index in [4.69, 9.17) is 10.8 Å². The van der Waals surface area contributed by atoms with Crippen LogP contribution in [-0.2, 0) is 4.79 Å². The van der Waals surface area contributed by atoms with Gasteiger partial charge in [0.2, 0.25) is 0 Å². The predicted octanol–water partition coefficient (Wildman–Crippen LogP) is 2.09. The lowest BCUT2D eigenvalue weighted by molar-refractivity contribution is -0.138. The molecule has 0 saturated heterocycles. The van der Waals surface area contributed by atoms with Crippen molar-refractivity contribution in [2.75, 3.05) is 0 Å². The number of carbonyl (C=O) groups is 1. The number of rotatable bonds is 3. The molecule has 0 amide bonds. The van der Waals surface area contributed by atoms with Crippen LogP contribution in [-0.4, -0.2) is 17.1 Å². The number of hydrogen-bond donors (Lipinski definition) is 2. The van der Waals surface area contributed by atoms with Gasteiger partial charge in [0, 0.05) is 0 Å². The van der Waals surface area contributed by atoms with Crippen molar-refractivity contribution in [3.05, 3.63) is 23.8 Å². The van der Waals surface area contributed by atoms with E-state index >= 15 is 0 Å². The fourth-order valence-corrected chi connectivity index (χ4v) is 1.16. The molecular formula is C11H19NO2. The van der Waals surface area contributed by atoms with Gasteiger partial charge in [-0.3, -0.25) is 4.79 Å². The summed E-state index contributed by atoms with van der Waals surface area (Å²) in [6.07, 6.45) is 8.52. The largest absolute Gasteiger partial charge is 0.480 e. The molecule has 3 heteroatoms. The molecule has 1 rings (SSSR count). The lowest BCUT2D eigenvalue weighted by Crippen LogP contribution is -2.30. The van der Waals surface area contributed by atoms with Gasteiger partial charge in [-0.25, -0.2) is 0 Å². The molecule has 0 aromatic carbocycles. The number of carboxylic acid groups (broad SMARTS) is 1. The summed E-state index contributed by atoms with van der Waals surface area (Å²) in [5.41, 5.74) is 6.41. The molecule has 14 heavy (non-hydrogen) atoms. The maximum absolute atomic E-state index is 10.4. The van der Waals surface area contributed by atoms with Crippen molar-refractivity contribution >= 4 is 5.97 Å². The van der Waals surface area contributed by atoms with Crippen LogP contribution in [0.3, 0.4) is 0 Å². The molecule has 0 saturated carbocycles. The Morgan fingerprint density at radius 3 is 2.64 bits per heavy atom. The molecule has 0 bridgehead atoms. The van der Waals surface area contributed by atoms with Crippen molar-refractivity contribution in [3.63, 3.8) is 0 Å². The number of hydrogen-bond acceptors (Lipinski definition) is 2. The molecule has 0 aromatic heterocycles. The Balaban J connectivity index is 0.000000791. The van der Waals surface area contributed by atoms with Gasteiger partial charge in [-0.2, -0.15) is 0 Å². The van der Waals surface area contributed by atoms with E-state index in [9.17, 15) is 4.79 Å². The van der Waals surface area contributed by atoms with Gasteiger partial charge in [0.05, 0.1) is 0 Å². The standard InChI is InChI=1S/C9H13NO2.C2H6/c10-8(9(11)12)6-7-4-2-1-3-5-7;1-2/h2,4-5,8H,1,3,6,10H2,(H,11,12);1-2H3. The first kappa shape index (κ1) is 12.9. The summed E-state index contributed by atoms with van der Waals surface area (Å²) in [6, 6.07) is -0.765. The summed E-state index contributed by atoms with van der Waals surface area (Å²) in [5.74, 6) is -0.935. The van der Waals surface area contributed by atoms with Crippen molar-refractivity contribution in [1.82, 2.24) is 0 Å². The van der Waals surface area contributed by atoms with Crippen molar-refractivity contribution in [3.8, 4) is 0 Å². The molecule has 3 nitrogen and oxygen atoms in total. The van der Waals surface area contributed by atoms with Gasteiger partial charge in [-0.1, -0.05) is 37.6 Å². The second-order valence-corrected chi connectivity index (χ2v) is 2.91. The SMILES string of the molecule is CC.NC(CC1=CCCC=C1)C(=O)O.